The molecule has 5 N–H and O–H groups in total. The normalized spacial score (nSPS) is 12.3. The number of nitrogens with zero attached hydrogens (tertiary/aromatic N) is 3. The zero-order chi connectivity index (χ0) is 22.1. The van der Waals surface area contributed by atoms with E-state index >= 15 is 0 Å². The largest absolute Gasteiger partial charge is 0.492 e. The molecule has 1 aliphatic rings. The molecule has 0 spiro atoms. The molecule has 0 unspecified atom stereocenters. The van der Waals surface area contributed by atoms with Gasteiger partial charge >= 0.3 is 0 Å². The van der Waals surface area contributed by atoms with Gasteiger partial charge in [-0.2, -0.15) is 15.2 Å². The number of aromatic hydroxyl groups is 1. The van der Waals surface area contributed by atoms with Crippen LogP contribution in [0, 0.1) is 28.1 Å². The molecule has 1 aliphatic carbocycles. The van der Waals surface area contributed by atoms with Gasteiger partial charge < -0.3 is 15.3 Å². The van der Waals surface area contributed by atoms with E-state index < -0.39 is 11.4 Å². The van der Waals surface area contributed by atoms with E-state index in [1.807, 2.05) is 12.1 Å². The summed E-state index contributed by atoms with van der Waals surface area (Å²) >= 11 is 0. The fourth-order valence-corrected chi connectivity index (χ4v) is 3.60. The fourth-order valence-electron chi connectivity index (χ4n) is 3.60. The first-order valence-electron chi connectivity index (χ1n) is 9.28. The maximum atomic E-state index is 13.1. The molecule has 0 fully saturated rings. The Hall–Kier alpha value is -4.76. The van der Waals surface area contributed by atoms with Crippen molar-refractivity contribution in [3.8, 4) is 29.1 Å². The van der Waals surface area contributed by atoms with Gasteiger partial charge in [-0.05, 0) is 24.5 Å². The van der Waals surface area contributed by atoms with E-state index in [0.717, 1.165) is 4.68 Å². The van der Waals surface area contributed by atoms with E-state index in [1.165, 1.54) is 6.07 Å². The lowest BCUT2D eigenvalue weighted by Crippen LogP contribution is -2.45. The summed E-state index contributed by atoms with van der Waals surface area (Å²) in [4.78, 5) is 13.1. The summed E-state index contributed by atoms with van der Waals surface area (Å²) in [7, 11) is 0. The second-order valence-corrected chi connectivity index (χ2v) is 6.81. The predicted molar refractivity (Wildman–Crippen MR) is 112 cm³/mol. The number of rotatable bonds is 3. The van der Waals surface area contributed by atoms with Crippen molar-refractivity contribution in [3.05, 3.63) is 73.9 Å². The molecular weight excluding hydrogens is 396 g/mol. The number of hydrogen-bond donors (Lipinski definition) is 4. The van der Waals surface area contributed by atoms with E-state index in [-0.39, 0.29) is 27.9 Å². The molecule has 0 atom stereocenters. The van der Waals surface area contributed by atoms with Crippen molar-refractivity contribution in [1.82, 2.24) is 4.68 Å². The lowest BCUT2D eigenvalue weighted by Gasteiger charge is -2.19. The highest BCUT2D eigenvalue weighted by Crippen LogP contribution is 2.30. The first-order valence-corrected chi connectivity index (χ1v) is 9.28. The van der Waals surface area contributed by atoms with Crippen LogP contribution in [-0.4, -0.2) is 9.78 Å². The Balaban J connectivity index is 2.01. The van der Waals surface area contributed by atoms with Crippen molar-refractivity contribution >= 4 is 17.7 Å². The molecule has 3 aromatic rings. The summed E-state index contributed by atoms with van der Waals surface area (Å²) in [5.41, 5.74) is 8.46. The number of nitrogen functional groups attached to an aromatic ring is 1. The molecule has 152 valence electrons. The van der Waals surface area contributed by atoms with Crippen molar-refractivity contribution in [2.45, 2.75) is 12.8 Å². The standard InChI is InChI=1S/C22H16N6O3/c23-10-13-19(12-5-2-1-3-6-12)14(11-24)22(30)28(21(13)29)27-16-7-4-8-17-20(16)15(25)9-18(26)31-17/h1-3,5-6,8-9,25,27,29H,4,7,26H2. The van der Waals surface area contributed by atoms with Gasteiger partial charge in [0.05, 0.1) is 10.6 Å². The third kappa shape index (κ3) is 3.20. The molecular formula is C22H16N6O3. The van der Waals surface area contributed by atoms with Gasteiger partial charge in [-0.25, -0.2) is 0 Å². The van der Waals surface area contributed by atoms with Crippen LogP contribution in [0.3, 0.4) is 0 Å². The van der Waals surface area contributed by atoms with Crippen LogP contribution in [0.4, 0.5) is 5.88 Å². The van der Waals surface area contributed by atoms with Crippen LogP contribution in [0.25, 0.3) is 22.9 Å². The summed E-state index contributed by atoms with van der Waals surface area (Å²) in [6.45, 7) is 0. The molecule has 1 aromatic carbocycles. The molecule has 31 heavy (non-hydrogen) atoms. The molecule has 0 aliphatic heterocycles. The number of pyridine rings is 1. The number of hydrogen-bond acceptors (Lipinski definition) is 8. The third-order valence-corrected chi connectivity index (χ3v) is 4.94. The van der Waals surface area contributed by atoms with E-state index in [0.29, 0.717) is 34.7 Å². The van der Waals surface area contributed by atoms with Crippen molar-refractivity contribution in [2.24, 2.45) is 0 Å². The Morgan fingerprint density at radius 2 is 1.90 bits per heavy atom. The molecule has 9 heteroatoms. The Kier molecular flexibility index (Phi) is 4.78. The number of fused-ring (bicyclic) bond motifs is 1. The van der Waals surface area contributed by atoms with Gasteiger partial charge in [-0.3, -0.25) is 15.6 Å². The first kappa shape index (κ1) is 19.6. The highest BCUT2D eigenvalue weighted by atomic mass is 16.3. The number of nitriles is 2. The second kappa shape index (κ2) is 7.58. The monoisotopic (exact) mass is 412 g/mol. The maximum absolute atomic E-state index is 13.1. The Morgan fingerprint density at radius 3 is 2.58 bits per heavy atom. The topological polar surface area (TPSA) is 165 Å². The number of anilines is 1. The Labute approximate surface area is 175 Å². The van der Waals surface area contributed by atoms with Crippen molar-refractivity contribution in [3.63, 3.8) is 0 Å². The zero-order valence-corrected chi connectivity index (χ0v) is 16.1. The SMILES string of the molecule is N#Cc1c(-c2ccccc2)c(C#N)c(=O)n(NC2=c3c(=N)cc(N)oc3=CCC2)c1O. The van der Waals surface area contributed by atoms with Crippen molar-refractivity contribution in [1.29, 1.82) is 15.9 Å². The first-order chi connectivity index (χ1) is 15.0. The van der Waals surface area contributed by atoms with Crippen molar-refractivity contribution < 1.29 is 9.52 Å². The molecule has 0 saturated carbocycles. The van der Waals surface area contributed by atoms with E-state index in [2.05, 4.69) is 5.43 Å². The van der Waals surface area contributed by atoms with Crippen molar-refractivity contribution in [2.75, 3.05) is 11.2 Å². The highest BCUT2D eigenvalue weighted by molar-refractivity contribution is 5.78. The number of aromatic nitrogens is 1. The lowest BCUT2D eigenvalue weighted by molar-refractivity contribution is 0.426. The summed E-state index contributed by atoms with van der Waals surface area (Å²) in [5.74, 6) is -0.556. The Bertz CT molecular complexity index is 1540. The zero-order valence-electron chi connectivity index (χ0n) is 16.1. The number of nitrogens with one attached hydrogen (secondary N) is 2. The average Bonchev–Trinajstić information content (AvgIpc) is 2.76. The third-order valence-electron chi connectivity index (χ3n) is 4.94. The molecule has 0 amide bonds. The lowest BCUT2D eigenvalue weighted by atomic mass is 9.97. The van der Waals surface area contributed by atoms with Crippen LogP contribution in [-0.2, 0) is 0 Å². The van der Waals surface area contributed by atoms with Gasteiger partial charge in [0.2, 0.25) is 5.88 Å². The number of benzene rings is 1. The molecule has 4 rings (SSSR count). The van der Waals surface area contributed by atoms with E-state index in [1.54, 1.807) is 36.4 Å². The summed E-state index contributed by atoms with van der Waals surface area (Å²) < 4.78 is 6.22. The molecule has 0 bridgehead atoms. The van der Waals surface area contributed by atoms with Gasteiger partial charge in [-0.15, -0.1) is 0 Å². The van der Waals surface area contributed by atoms with Crippen LogP contribution in [0.15, 0.2) is 45.6 Å². The van der Waals surface area contributed by atoms with Crippen LogP contribution in [0.2, 0.25) is 0 Å². The average molecular weight is 412 g/mol. The molecule has 9 nitrogen and oxygen atoms in total. The van der Waals surface area contributed by atoms with Crippen LogP contribution in [0.1, 0.15) is 24.0 Å². The fraction of sp³-hybridized carbons (Fsp3) is 0.0909. The summed E-state index contributed by atoms with van der Waals surface area (Å²) in [6, 6.07) is 13.5. The van der Waals surface area contributed by atoms with Crippen LogP contribution >= 0.6 is 0 Å². The second-order valence-electron chi connectivity index (χ2n) is 6.81. The minimum Gasteiger partial charge on any atom is -0.492 e. The highest BCUT2D eigenvalue weighted by Gasteiger charge is 2.24. The minimum absolute atomic E-state index is 0.0671. The molecule has 2 heterocycles. The van der Waals surface area contributed by atoms with E-state index in [9.17, 15) is 20.4 Å². The Morgan fingerprint density at radius 1 is 1.19 bits per heavy atom. The van der Waals surface area contributed by atoms with Crippen LogP contribution in [0.5, 0.6) is 5.88 Å². The summed E-state index contributed by atoms with van der Waals surface area (Å²) in [6.07, 6.45) is 2.72. The van der Waals surface area contributed by atoms with Gasteiger partial charge in [0.25, 0.3) is 5.56 Å². The molecule has 0 saturated heterocycles. The van der Waals surface area contributed by atoms with Gasteiger partial charge in [-0.1, -0.05) is 30.3 Å². The smallest absolute Gasteiger partial charge is 0.290 e. The number of nitrogens with two attached hydrogens (primary N) is 1. The molecule has 2 aromatic heterocycles. The van der Waals surface area contributed by atoms with Gasteiger partial charge in [0, 0.05) is 17.3 Å². The van der Waals surface area contributed by atoms with Gasteiger partial charge in [0.15, 0.2) is 5.88 Å². The maximum Gasteiger partial charge on any atom is 0.290 e. The molecule has 0 radical (unpaired) electrons. The summed E-state index contributed by atoms with van der Waals surface area (Å²) in [5, 5.41) is 38.8. The van der Waals surface area contributed by atoms with E-state index in [4.69, 9.17) is 15.6 Å². The predicted octanol–water partition coefficient (Wildman–Crippen LogP) is 0.545. The van der Waals surface area contributed by atoms with Gasteiger partial charge in [0.1, 0.15) is 28.7 Å². The minimum atomic E-state index is -0.819. The quantitative estimate of drug-likeness (QED) is 0.487. The van der Waals surface area contributed by atoms with Crippen LogP contribution < -0.4 is 32.7 Å².